The average Bonchev–Trinajstić information content (AvgIpc) is 3.35. The first-order valence-electron chi connectivity index (χ1n) is 11.3. The van der Waals surface area contributed by atoms with Crippen LogP contribution in [0.3, 0.4) is 0 Å². The summed E-state index contributed by atoms with van der Waals surface area (Å²) in [4.78, 5) is 16.1. The molecule has 1 heterocycles. The van der Waals surface area contributed by atoms with E-state index in [1.165, 1.54) is 0 Å². The summed E-state index contributed by atoms with van der Waals surface area (Å²) >= 11 is 17.9. The molecule has 0 bridgehead atoms. The van der Waals surface area contributed by atoms with Crippen molar-refractivity contribution in [3.05, 3.63) is 82.8 Å². The molecule has 0 fully saturated rings. The van der Waals surface area contributed by atoms with Crippen LogP contribution in [0.5, 0.6) is 11.8 Å². The lowest BCUT2D eigenvalue weighted by atomic mass is 10.2. The highest BCUT2D eigenvalue weighted by molar-refractivity contribution is 6.42. The smallest absolute Gasteiger partial charge is 0.336 e. The molecule has 0 radical (unpaired) electrons. The Kier molecular flexibility index (Phi) is 9.62. The maximum atomic E-state index is 11.6. The Hall–Kier alpha value is -3.30. The summed E-state index contributed by atoms with van der Waals surface area (Å²) in [7, 11) is 0. The van der Waals surface area contributed by atoms with Crippen molar-refractivity contribution in [2.75, 3.05) is 37.6 Å². The fourth-order valence-electron chi connectivity index (χ4n) is 3.27. The maximum Gasteiger partial charge on any atom is 0.336 e. The minimum Gasteiger partial charge on any atom is -0.491 e. The number of aromatic nitrogens is 3. The molecule has 0 aliphatic heterocycles. The summed E-state index contributed by atoms with van der Waals surface area (Å²) in [6.45, 7) is 1.43. The van der Waals surface area contributed by atoms with Gasteiger partial charge in [-0.3, -0.25) is 4.79 Å². The van der Waals surface area contributed by atoms with Crippen LogP contribution >= 0.6 is 34.8 Å². The van der Waals surface area contributed by atoms with Gasteiger partial charge < -0.3 is 19.5 Å². The zero-order chi connectivity index (χ0) is 26.0. The second-order valence-corrected chi connectivity index (χ2v) is 8.69. The number of anilines is 1. The maximum absolute atomic E-state index is 11.6. The summed E-state index contributed by atoms with van der Waals surface area (Å²) in [6, 6.07) is 22.0. The highest BCUT2D eigenvalue weighted by atomic mass is 35.5. The van der Waals surface area contributed by atoms with E-state index in [4.69, 9.17) is 49.0 Å². The van der Waals surface area contributed by atoms with Crippen molar-refractivity contribution in [1.82, 2.24) is 14.8 Å². The minimum atomic E-state index is -0.295. The van der Waals surface area contributed by atoms with Gasteiger partial charge in [-0.05, 0) is 54.6 Å². The van der Waals surface area contributed by atoms with E-state index in [0.717, 1.165) is 5.75 Å². The lowest BCUT2D eigenvalue weighted by Crippen LogP contribution is -2.12. The number of halogens is 3. The molecule has 1 N–H and O–H groups in total. The van der Waals surface area contributed by atoms with Gasteiger partial charge in [0.05, 0.1) is 28.9 Å². The normalized spacial score (nSPS) is 10.8. The molecule has 37 heavy (non-hydrogen) atoms. The van der Waals surface area contributed by atoms with E-state index in [-0.39, 0.29) is 24.4 Å². The average molecular weight is 562 g/mol. The van der Waals surface area contributed by atoms with Gasteiger partial charge in [-0.2, -0.15) is 4.98 Å². The van der Waals surface area contributed by atoms with Crippen molar-refractivity contribution in [2.45, 2.75) is 0 Å². The molecule has 0 aliphatic rings. The Balaban J connectivity index is 1.41. The van der Waals surface area contributed by atoms with Crippen molar-refractivity contribution in [1.29, 1.82) is 0 Å². The van der Waals surface area contributed by atoms with Crippen molar-refractivity contribution in [3.63, 3.8) is 0 Å². The Labute approximate surface area is 229 Å². The zero-order valence-electron chi connectivity index (χ0n) is 19.6. The van der Waals surface area contributed by atoms with Crippen molar-refractivity contribution >= 4 is 46.4 Å². The van der Waals surface area contributed by atoms with E-state index >= 15 is 0 Å². The van der Waals surface area contributed by atoms with Crippen LogP contribution in [0.25, 0.3) is 17.1 Å². The standard InChI is InChI=1S/C26H23Cl3N4O4/c27-17-24(34)30-19-7-9-20(10-8-19)33-25(18-6-11-22(28)23(29)16-18)31-26(32-33)37-15-13-35-12-14-36-21-4-2-1-3-5-21/h1-11,16H,12-15,17H2,(H,30,34). The van der Waals surface area contributed by atoms with E-state index in [1.54, 1.807) is 47.1 Å². The van der Waals surface area contributed by atoms with Gasteiger partial charge in [0.1, 0.15) is 24.8 Å². The molecule has 1 amide bonds. The van der Waals surface area contributed by atoms with Gasteiger partial charge >= 0.3 is 6.01 Å². The van der Waals surface area contributed by atoms with Gasteiger partial charge in [0.25, 0.3) is 0 Å². The van der Waals surface area contributed by atoms with E-state index < -0.39 is 0 Å². The third-order valence-corrected chi connectivity index (χ3v) is 5.96. The lowest BCUT2D eigenvalue weighted by molar-refractivity contribution is -0.113. The predicted molar refractivity (Wildman–Crippen MR) is 144 cm³/mol. The largest absolute Gasteiger partial charge is 0.491 e. The number of hydrogen-bond donors (Lipinski definition) is 1. The first kappa shape index (κ1) is 26.8. The summed E-state index contributed by atoms with van der Waals surface area (Å²) < 4.78 is 18.5. The van der Waals surface area contributed by atoms with Gasteiger partial charge in [-0.15, -0.1) is 16.7 Å². The van der Waals surface area contributed by atoms with E-state index in [1.807, 2.05) is 30.3 Å². The number of ether oxygens (including phenoxy) is 3. The van der Waals surface area contributed by atoms with Crippen LogP contribution in [0.2, 0.25) is 10.0 Å². The SMILES string of the molecule is O=C(CCl)Nc1ccc(-n2nc(OCCOCCOc3ccccc3)nc2-c2ccc(Cl)c(Cl)c2)cc1. The molecule has 4 rings (SSSR count). The van der Waals surface area contributed by atoms with Gasteiger partial charge in [0.2, 0.25) is 5.91 Å². The highest BCUT2D eigenvalue weighted by Crippen LogP contribution is 2.30. The van der Waals surface area contributed by atoms with Crippen LogP contribution in [-0.4, -0.2) is 53.0 Å². The van der Waals surface area contributed by atoms with Crippen LogP contribution in [-0.2, 0) is 9.53 Å². The third kappa shape index (κ3) is 7.60. The van der Waals surface area contributed by atoms with Crippen LogP contribution in [0.4, 0.5) is 5.69 Å². The summed E-state index contributed by atoms with van der Waals surface area (Å²) in [5.74, 6) is 0.873. The van der Waals surface area contributed by atoms with Gasteiger partial charge in [-0.25, -0.2) is 4.68 Å². The molecule has 1 aromatic heterocycles. The van der Waals surface area contributed by atoms with Crippen molar-refractivity contribution in [3.8, 4) is 28.8 Å². The van der Waals surface area contributed by atoms with Crippen LogP contribution in [0.1, 0.15) is 0 Å². The van der Waals surface area contributed by atoms with Gasteiger partial charge in [-0.1, -0.05) is 41.4 Å². The van der Waals surface area contributed by atoms with Crippen LogP contribution < -0.4 is 14.8 Å². The summed E-state index contributed by atoms with van der Waals surface area (Å²) in [6.07, 6.45) is 0. The van der Waals surface area contributed by atoms with Crippen molar-refractivity contribution < 1.29 is 19.0 Å². The third-order valence-electron chi connectivity index (χ3n) is 4.98. The monoisotopic (exact) mass is 560 g/mol. The number of para-hydroxylation sites is 1. The van der Waals surface area contributed by atoms with E-state index in [9.17, 15) is 4.79 Å². The molecule has 0 spiro atoms. The Morgan fingerprint density at radius 3 is 2.30 bits per heavy atom. The fourth-order valence-corrected chi connectivity index (χ4v) is 3.63. The number of hydrogen-bond acceptors (Lipinski definition) is 6. The Morgan fingerprint density at radius 1 is 0.865 bits per heavy atom. The molecular weight excluding hydrogens is 539 g/mol. The number of nitrogens with zero attached hydrogens (tertiary/aromatic N) is 3. The molecule has 8 nitrogen and oxygen atoms in total. The van der Waals surface area contributed by atoms with E-state index in [0.29, 0.717) is 52.6 Å². The number of benzene rings is 3. The molecule has 0 aliphatic carbocycles. The van der Waals surface area contributed by atoms with E-state index in [2.05, 4.69) is 15.4 Å². The summed E-state index contributed by atoms with van der Waals surface area (Å²) in [5, 5.41) is 8.03. The minimum absolute atomic E-state index is 0.128. The number of amides is 1. The Morgan fingerprint density at radius 2 is 1.59 bits per heavy atom. The number of carbonyl (C=O) groups excluding carboxylic acids is 1. The molecule has 0 atom stereocenters. The second-order valence-electron chi connectivity index (χ2n) is 7.61. The van der Waals surface area contributed by atoms with Gasteiger partial charge in [0.15, 0.2) is 5.82 Å². The zero-order valence-corrected chi connectivity index (χ0v) is 21.8. The molecule has 4 aromatic rings. The molecular formula is C26H23Cl3N4O4. The van der Waals surface area contributed by atoms with Crippen LogP contribution in [0.15, 0.2) is 72.8 Å². The lowest BCUT2D eigenvalue weighted by Gasteiger charge is -2.08. The number of alkyl halides is 1. The number of rotatable bonds is 12. The first-order valence-corrected chi connectivity index (χ1v) is 12.6. The van der Waals surface area contributed by atoms with Gasteiger partial charge in [0, 0.05) is 11.3 Å². The predicted octanol–water partition coefficient (Wildman–Crippen LogP) is 5.89. The summed E-state index contributed by atoms with van der Waals surface area (Å²) in [5.41, 5.74) is 2.00. The molecule has 11 heteroatoms. The topological polar surface area (TPSA) is 87.5 Å². The molecule has 192 valence electrons. The number of nitrogens with one attached hydrogen (secondary N) is 1. The highest BCUT2D eigenvalue weighted by Gasteiger charge is 2.16. The molecule has 3 aromatic carbocycles. The Bertz CT molecular complexity index is 1320. The molecule has 0 saturated carbocycles. The second kappa shape index (κ2) is 13.3. The quantitative estimate of drug-likeness (QED) is 0.171. The number of carbonyl (C=O) groups is 1. The van der Waals surface area contributed by atoms with Crippen LogP contribution in [0, 0.1) is 0 Å². The fraction of sp³-hybridized carbons (Fsp3) is 0.192. The molecule has 0 unspecified atom stereocenters. The molecule has 0 saturated heterocycles. The first-order chi connectivity index (χ1) is 18.0. The van der Waals surface area contributed by atoms with Crippen molar-refractivity contribution in [2.24, 2.45) is 0 Å².